The van der Waals surface area contributed by atoms with Crippen molar-refractivity contribution in [2.75, 3.05) is 6.61 Å². The third kappa shape index (κ3) is 4.82. The summed E-state index contributed by atoms with van der Waals surface area (Å²) in [5.41, 5.74) is 3.53. The molecule has 0 aliphatic heterocycles. The van der Waals surface area contributed by atoms with Crippen LogP contribution in [0, 0.1) is 0 Å². The highest BCUT2D eigenvalue weighted by molar-refractivity contribution is 6.07. The lowest BCUT2D eigenvalue weighted by atomic mass is 9.87. The molecule has 0 atom stereocenters. The number of carbonyl (C=O) groups is 1. The summed E-state index contributed by atoms with van der Waals surface area (Å²) in [6.07, 6.45) is 12.1. The molecule has 2 aromatic carbocycles. The minimum atomic E-state index is 0.199. The molecule has 34 heavy (non-hydrogen) atoms. The van der Waals surface area contributed by atoms with Crippen LogP contribution in [0.3, 0.4) is 0 Å². The summed E-state index contributed by atoms with van der Waals surface area (Å²) < 4.78 is 5.61. The van der Waals surface area contributed by atoms with Gasteiger partial charge in [-0.25, -0.2) is 4.98 Å². The monoisotopic (exact) mass is 456 g/mol. The van der Waals surface area contributed by atoms with E-state index in [-0.39, 0.29) is 5.91 Å². The Morgan fingerprint density at radius 1 is 0.882 bits per heavy atom. The number of benzene rings is 2. The van der Waals surface area contributed by atoms with Crippen molar-refractivity contribution in [1.29, 1.82) is 0 Å². The van der Waals surface area contributed by atoms with Crippen molar-refractivity contribution >= 4 is 16.8 Å². The van der Waals surface area contributed by atoms with E-state index in [4.69, 9.17) is 9.72 Å². The standard InChI is InChI=1S/C30H36N2O2/c1-2-34-25-19-17-22(18-20-25)29-21-27(26-15-9-10-16-28(26)31-29)30(33)32(23-11-5-3-6-12-23)24-13-7-4-8-14-24/h9-10,15-21,23-24H,2-8,11-14H2,1H3. The molecule has 0 spiro atoms. The first-order valence-electron chi connectivity index (χ1n) is 13.2. The van der Waals surface area contributed by atoms with Crippen molar-refractivity contribution in [3.8, 4) is 17.0 Å². The van der Waals surface area contributed by atoms with Gasteiger partial charge in [-0.3, -0.25) is 4.79 Å². The molecule has 0 radical (unpaired) electrons. The number of para-hydroxylation sites is 1. The van der Waals surface area contributed by atoms with E-state index in [1.807, 2.05) is 55.5 Å². The molecule has 2 aliphatic carbocycles. The van der Waals surface area contributed by atoms with Crippen molar-refractivity contribution in [2.24, 2.45) is 0 Å². The normalized spacial score (nSPS) is 17.6. The Bertz CT molecular complexity index is 1090. The largest absolute Gasteiger partial charge is 0.494 e. The molecule has 0 bridgehead atoms. The maximum Gasteiger partial charge on any atom is 0.255 e. The highest BCUT2D eigenvalue weighted by Gasteiger charge is 2.34. The Morgan fingerprint density at radius 3 is 2.12 bits per heavy atom. The lowest BCUT2D eigenvalue weighted by molar-refractivity contribution is 0.0450. The Kier molecular flexibility index (Phi) is 7.13. The van der Waals surface area contributed by atoms with Crippen molar-refractivity contribution in [1.82, 2.24) is 9.88 Å². The summed E-state index contributed by atoms with van der Waals surface area (Å²) in [5.74, 6) is 1.05. The highest BCUT2D eigenvalue weighted by atomic mass is 16.5. The smallest absolute Gasteiger partial charge is 0.255 e. The summed E-state index contributed by atoms with van der Waals surface area (Å²) in [6, 6.07) is 18.9. The first-order valence-corrected chi connectivity index (χ1v) is 13.2. The van der Waals surface area contributed by atoms with Gasteiger partial charge in [0.1, 0.15) is 5.75 Å². The topological polar surface area (TPSA) is 42.4 Å². The number of carbonyl (C=O) groups excluding carboxylic acids is 1. The van der Waals surface area contributed by atoms with Gasteiger partial charge in [0.15, 0.2) is 0 Å². The fraction of sp³-hybridized carbons (Fsp3) is 0.467. The van der Waals surface area contributed by atoms with Crippen LogP contribution in [0.2, 0.25) is 0 Å². The number of amides is 1. The van der Waals surface area contributed by atoms with Crippen LogP contribution in [-0.4, -0.2) is 34.5 Å². The Labute approximate surface area is 203 Å². The van der Waals surface area contributed by atoms with E-state index in [0.29, 0.717) is 18.7 Å². The minimum Gasteiger partial charge on any atom is -0.494 e. The van der Waals surface area contributed by atoms with Gasteiger partial charge in [-0.05, 0) is 69.0 Å². The van der Waals surface area contributed by atoms with Crippen molar-refractivity contribution < 1.29 is 9.53 Å². The third-order valence-electron chi connectivity index (χ3n) is 7.58. The van der Waals surface area contributed by atoms with Crippen LogP contribution in [0.15, 0.2) is 54.6 Å². The molecule has 1 aromatic heterocycles. The molecule has 5 rings (SSSR count). The van der Waals surface area contributed by atoms with Gasteiger partial charge in [-0.15, -0.1) is 0 Å². The highest BCUT2D eigenvalue weighted by Crippen LogP contribution is 2.34. The number of aromatic nitrogens is 1. The van der Waals surface area contributed by atoms with Crippen LogP contribution in [0.25, 0.3) is 22.2 Å². The summed E-state index contributed by atoms with van der Waals surface area (Å²) in [4.78, 5) is 21.6. The van der Waals surface area contributed by atoms with Gasteiger partial charge >= 0.3 is 0 Å². The maximum absolute atomic E-state index is 14.4. The van der Waals surface area contributed by atoms with E-state index in [0.717, 1.165) is 59.2 Å². The lowest BCUT2D eigenvalue weighted by Gasteiger charge is -2.42. The number of hydrogen-bond acceptors (Lipinski definition) is 3. The molecule has 4 heteroatoms. The van der Waals surface area contributed by atoms with E-state index in [2.05, 4.69) is 11.0 Å². The second-order valence-electron chi connectivity index (χ2n) is 9.83. The lowest BCUT2D eigenvalue weighted by Crippen LogP contribution is -2.48. The Morgan fingerprint density at radius 2 is 1.50 bits per heavy atom. The van der Waals surface area contributed by atoms with Crippen molar-refractivity contribution in [3.05, 3.63) is 60.2 Å². The zero-order valence-corrected chi connectivity index (χ0v) is 20.3. The molecule has 3 aromatic rings. The van der Waals surface area contributed by atoms with Crippen LogP contribution in [0.4, 0.5) is 0 Å². The quantitative estimate of drug-likeness (QED) is 0.388. The first kappa shape index (κ1) is 22.9. The molecule has 2 fully saturated rings. The molecule has 1 heterocycles. The van der Waals surface area contributed by atoms with Gasteiger partial charge in [0.05, 0.1) is 23.4 Å². The minimum absolute atomic E-state index is 0.199. The van der Waals surface area contributed by atoms with Gasteiger partial charge in [0.25, 0.3) is 5.91 Å². The zero-order chi connectivity index (χ0) is 23.3. The van der Waals surface area contributed by atoms with Crippen molar-refractivity contribution in [2.45, 2.75) is 83.2 Å². The molecule has 2 aliphatic rings. The summed E-state index contributed by atoms with van der Waals surface area (Å²) in [5, 5.41) is 0.957. The van der Waals surface area contributed by atoms with E-state index in [1.165, 1.54) is 38.5 Å². The van der Waals surface area contributed by atoms with Crippen LogP contribution >= 0.6 is 0 Å². The zero-order valence-electron chi connectivity index (χ0n) is 20.3. The van der Waals surface area contributed by atoms with Gasteiger partial charge in [-0.1, -0.05) is 56.7 Å². The molecular formula is C30H36N2O2. The molecule has 0 saturated heterocycles. The number of nitrogens with zero attached hydrogens (tertiary/aromatic N) is 2. The fourth-order valence-corrected chi connectivity index (χ4v) is 5.88. The second kappa shape index (κ2) is 10.6. The van der Waals surface area contributed by atoms with E-state index >= 15 is 0 Å². The predicted molar refractivity (Wildman–Crippen MR) is 138 cm³/mol. The van der Waals surface area contributed by atoms with Gasteiger partial charge in [0, 0.05) is 23.0 Å². The van der Waals surface area contributed by atoms with Gasteiger partial charge in [-0.2, -0.15) is 0 Å². The molecular weight excluding hydrogens is 420 g/mol. The van der Waals surface area contributed by atoms with Crippen LogP contribution in [0.1, 0.15) is 81.5 Å². The van der Waals surface area contributed by atoms with Gasteiger partial charge < -0.3 is 9.64 Å². The fourth-order valence-electron chi connectivity index (χ4n) is 5.88. The number of fused-ring (bicyclic) bond motifs is 1. The number of ether oxygens (including phenoxy) is 1. The van der Waals surface area contributed by atoms with E-state index in [9.17, 15) is 4.79 Å². The second-order valence-corrected chi connectivity index (χ2v) is 9.83. The summed E-state index contributed by atoms with van der Waals surface area (Å²) in [6.45, 7) is 2.63. The van der Waals surface area contributed by atoms with Gasteiger partial charge in [0.2, 0.25) is 0 Å². The molecule has 178 valence electrons. The Hall–Kier alpha value is -2.88. The number of hydrogen-bond donors (Lipinski definition) is 0. The number of rotatable bonds is 6. The Balaban J connectivity index is 1.56. The molecule has 1 amide bonds. The molecule has 4 nitrogen and oxygen atoms in total. The van der Waals surface area contributed by atoms with Crippen LogP contribution in [-0.2, 0) is 0 Å². The summed E-state index contributed by atoms with van der Waals surface area (Å²) >= 11 is 0. The van der Waals surface area contributed by atoms with Crippen LogP contribution in [0.5, 0.6) is 5.75 Å². The van der Waals surface area contributed by atoms with Crippen LogP contribution < -0.4 is 4.74 Å². The summed E-state index contributed by atoms with van der Waals surface area (Å²) in [7, 11) is 0. The van der Waals surface area contributed by atoms with E-state index in [1.54, 1.807) is 0 Å². The van der Waals surface area contributed by atoms with Crippen molar-refractivity contribution in [3.63, 3.8) is 0 Å². The average Bonchev–Trinajstić information content (AvgIpc) is 2.90. The molecule has 2 saturated carbocycles. The SMILES string of the molecule is CCOc1ccc(-c2cc(C(=O)N(C3CCCCC3)C3CCCCC3)c3ccccc3n2)cc1. The average molecular weight is 457 g/mol. The molecule has 0 N–H and O–H groups in total. The van der Waals surface area contributed by atoms with E-state index < -0.39 is 0 Å². The molecule has 0 unspecified atom stereocenters. The number of pyridine rings is 1. The third-order valence-corrected chi connectivity index (χ3v) is 7.58. The maximum atomic E-state index is 14.4. The predicted octanol–water partition coefficient (Wildman–Crippen LogP) is 7.41. The first-order chi connectivity index (χ1) is 16.7.